The van der Waals surface area contributed by atoms with Crippen LogP contribution in [0.2, 0.25) is 0 Å². The molecule has 2 aromatic rings. The molecule has 0 spiro atoms. The lowest BCUT2D eigenvalue weighted by molar-refractivity contribution is -0.151. The van der Waals surface area contributed by atoms with Gasteiger partial charge in [-0.15, -0.1) is 16.8 Å². The largest absolute Gasteiger partial charge is 0.528 e. The Morgan fingerprint density at radius 2 is 1.94 bits per heavy atom. The third kappa shape index (κ3) is 7.44. The number of aliphatic hydroxyl groups excluding tert-OH is 1. The van der Waals surface area contributed by atoms with E-state index in [9.17, 15) is 4.79 Å². The summed E-state index contributed by atoms with van der Waals surface area (Å²) in [6.07, 6.45) is 1.76. The molecule has 1 saturated heterocycles. The van der Waals surface area contributed by atoms with Gasteiger partial charge in [0, 0.05) is 31.7 Å². The Bertz CT molecular complexity index is 937. The van der Waals surface area contributed by atoms with Gasteiger partial charge in [0.1, 0.15) is 12.4 Å². The second kappa shape index (κ2) is 12.0. The van der Waals surface area contributed by atoms with Gasteiger partial charge in [0.25, 0.3) is 0 Å². The van der Waals surface area contributed by atoms with E-state index in [0.29, 0.717) is 54.8 Å². The summed E-state index contributed by atoms with van der Waals surface area (Å²) >= 11 is 1.48. The number of hydrogen-bond acceptors (Lipinski definition) is 11. The van der Waals surface area contributed by atoms with Gasteiger partial charge < -0.3 is 24.2 Å². The number of aliphatic hydroxyl groups is 1. The minimum atomic E-state index is -0.692. The van der Waals surface area contributed by atoms with Crippen LogP contribution in [0.3, 0.4) is 0 Å². The normalized spacial score (nSPS) is 14.8. The van der Waals surface area contributed by atoms with Crippen LogP contribution in [0.25, 0.3) is 0 Å². The Hall–Kier alpha value is -2.63. The lowest BCUT2D eigenvalue weighted by atomic mass is 10.1. The number of aryl methyl sites for hydroxylation is 1. The van der Waals surface area contributed by atoms with Crippen LogP contribution >= 0.6 is 11.8 Å². The van der Waals surface area contributed by atoms with E-state index in [2.05, 4.69) is 15.0 Å². The number of nitrogens with zero attached hydrogens (tertiary/aromatic N) is 4. The SMILES string of the molecule is Cc1nc(SCCO)ccc1Oc1ncnc(OC2CCN(OC(=O)OC(C)C)CC2)c1C. The highest BCUT2D eigenvalue weighted by Crippen LogP contribution is 2.31. The van der Waals surface area contributed by atoms with Crippen LogP contribution in [-0.2, 0) is 9.57 Å². The van der Waals surface area contributed by atoms with Crippen molar-refractivity contribution in [2.24, 2.45) is 0 Å². The van der Waals surface area contributed by atoms with E-state index in [-0.39, 0.29) is 18.8 Å². The van der Waals surface area contributed by atoms with Gasteiger partial charge >= 0.3 is 6.16 Å². The Morgan fingerprint density at radius 1 is 1.21 bits per heavy atom. The fraction of sp³-hybridized carbons (Fsp3) is 0.545. The molecule has 180 valence electrons. The highest BCUT2D eigenvalue weighted by molar-refractivity contribution is 7.99. The van der Waals surface area contributed by atoms with E-state index in [0.717, 1.165) is 10.7 Å². The van der Waals surface area contributed by atoms with Crippen LogP contribution in [0.15, 0.2) is 23.5 Å². The van der Waals surface area contributed by atoms with E-state index >= 15 is 0 Å². The van der Waals surface area contributed by atoms with Crippen molar-refractivity contribution < 1.29 is 28.9 Å². The molecule has 1 aliphatic heterocycles. The minimum absolute atomic E-state index is 0.0707. The van der Waals surface area contributed by atoms with Gasteiger partial charge in [-0.05, 0) is 39.8 Å². The molecule has 1 N–H and O–H groups in total. The molecule has 11 heteroatoms. The highest BCUT2D eigenvalue weighted by atomic mass is 32.2. The Labute approximate surface area is 197 Å². The number of carbonyl (C=O) groups is 1. The maximum absolute atomic E-state index is 11.7. The number of hydrogen-bond donors (Lipinski definition) is 1. The first-order chi connectivity index (χ1) is 15.9. The summed E-state index contributed by atoms with van der Waals surface area (Å²) < 4.78 is 17.1. The summed E-state index contributed by atoms with van der Waals surface area (Å²) in [5.74, 6) is 2.04. The molecule has 10 nitrogen and oxygen atoms in total. The van der Waals surface area contributed by atoms with Crippen molar-refractivity contribution in [1.29, 1.82) is 0 Å². The number of ether oxygens (including phenoxy) is 3. The van der Waals surface area contributed by atoms with Crippen molar-refractivity contribution >= 4 is 17.9 Å². The second-order valence-corrected chi connectivity index (χ2v) is 8.89. The number of thioether (sulfide) groups is 1. The summed E-state index contributed by atoms with van der Waals surface area (Å²) in [5.41, 5.74) is 1.41. The molecule has 1 fully saturated rings. The fourth-order valence-electron chi connectivity index (χ4n) is 3.13. The third-order valence-electron chi connectivity index (χ3n) is 4.77. The van der Waals surface area contributed by atoms with Gasteiger partial charge in [0.05, 0.1) is 29.0 Å². The van der Waals surface area contributed by atoms with Crippen molar-refractivity contribution in [3.05, 3.63) is 29.7 Å². The lowest BCUT2D eigenvalue weighted by Crippen LogP contribution is -2.40. The van der Waals surface area contributed by atoms with Gasteiger partial charge in [0.15, 0.2) is 5.75 Å². The molecule has 0 saturated carbocycles. The number of pyridine rings is 1. The van der Waals surface area contributed by atoms with E-state index in [1.54, 1.807) is 18.9 Å². The number of carbonyl (C=O) groups excluding carboxylic acids is 1. The molecule has 0 aromatic carbocycles. The third-order valence-corrected chi connectivity index (χ3v) is 5.68. The Balaban J connectivity index is 1.57. The highest BCUT2D eigenvalue weighted by Gasteiger charge is 2.25. The van der Waals surface area contributed by atoms with Crippen molar-refractivity contribution in [2.45, 2.75) is 57.8 Å². The molecular formula is C22H30N4O6S. The van der Waals surface area contributed by atoms with Crippen molar-refractivity contribution in [2.75, 3.05) is 25.4 Å². The van der Waals surface area contributed by atoms with Crippen LogP contribution in [0.5, 0.6) is 17.5 Å². The average Bonchev–Trinajstić information content (AvgIpc) is 2.77. The van der Waals surface area contributed by atoms with Crippen LogP contribution in [-0.4, -0.2) is 68.9 Å². The molecule has 0 radical (unpaired) electrons. The van der Waals surface area contributed by atoms with E-state index in [4.69, 9.17) is 24.2 Å². The summed E-state index contributed by atoms with van der Waals surface area (Å²) in [7, 11) is 0. The number of aromatic nitrogens is 3. The summed E-state index contributed by atoms with van der Waals surface area (Å²) in [5, 5.41) is 11.4. The predicted molar refractivity (Wildman–Crippen MR) is 122 cm³/mol. The maximum atomic E-state index is 11.7. The summed E-state index contributed by atoms with van der Waals surface area (Å²) in [4.78, 5) is 29.9. The molecule has 1 aliphatic rings. The van der Waals surface area contributed by atoms with Gasteiger partial charge in [-0.2, -0.15) is 0 Å². The lowest BCUT2D eigenvalue weighted by Gasteiger charge is -2.30. The van der Waals surface area contributed by atoms with E-state index in [1.807, 2.05) is 26.0 Å². The Kier molecular flexibility index (Phi) is 9.10. The zero-order chi connectivity index (χ0) is 23.8. The molecule has 0 unspecified atom stereocenters. The van der Waals surface area contributed by atoms with Crippen LogP contribution in [0, 0.1) is 13.8 Å². The maximum Gasteiger partial charge on any atom is 0.528 e. The molecule has 0 amide bonds. The second-order valence-electron chi connectivity index (χ2n) is 7.77. The topological polar surface area (TPSA) is 116 Å². The number of piperidine rings is 1. The molecule has 3 heterocycles. The number of hydroxylamine groups is 2. The molecule has 2 aromatic heterocycles. The monoisotopic (exact) mass is 478 g/mol. The summed E-state index contributed by atoms with van der Waals surface area (Å²) in [6, 6.07) is 3.69. The molecule has 0 aliphatic carbocycles. The Morgan fingerprint density at radius 3 is 2.61 bits per heavy atom. The van der Waals surface area contributed by atoms with Gasteiger partial charge in [-0.3, -0.25) is 0 Å². The first-order valence-corrected chi connectivity index (χ1v) is 11.8. The van der Waals surface area contributed by atoms with Crippen LogP contribution < -0.4 is 9.47 Å². The van der Waals surface area contributed by atoms with Crippen LogP contribution in [0.4, 0.5) is 4.79 Å². The average molecular weight is 479 g/mol. The first kappa shape index (κ1) is 25.0. The van der Waals surface area contributed by atoms with Gasteiger partial charge in [-0.25, -0.2) is 19.7 Å². The zero-order valence-electron chi connectivity index (χ0n) is 19.3. The zero-order valence-corrected chi connectivity index (χ0v) is 20.1. The van der Waals surface area contributed by atoms with Gasteiger partial charge in [0.2, 0.25) is 11.8 Å². The van der Waals surface area contributed by atoms with Crippen LogP contribution in [0.1, 0.15) is 37.9 Å². The minimum Gasteiger partial charge on any atom is -0.474 e. The van der Waals surface area contributed by atoms with Crippen molar-refractivity contribution in [3.63, 3.8) is 0 Å². The van der Waals surface area contributed by atoms with Gasteiger partial charge in [-0.1, -0.05) is 0 Å². The summed E-state index contributed by atoms with van der Waals surface area (Å²) in [6.45, 7) is 8.43. The quantitative estimate of drug-likeness (QED) is 0.420. The first-order valence-electron chi connectivity index (χ1n) is 10.9. The molecular weight excluding hydrogens is 448 g/mol. The van der Waals surface area contributed by atoms with Crippen molar-refractivity contribution in [3.8, 4) is 17.5 Å². The molecule has 33 heavy (non-hydrogen) atoms. The molecule has 0 bridgehead atoms. The van der Waals surface area contributed by atoms with E-state index in [1.165, 1.54) is 18.1 Å². The molecule has 3 rings (SSSR count). The molecule has 0 atom stereocenters. The fourth-order valence-corrected chi connectivity index (χ4v) is 3.79. The standard InChI is InChI=1S/C22H30N4O6S/c1-14(2)29-22(28)32-26-9-7-17(8-10-26)30-20-15(3)21(24-13-23-20)31-18-5-6-19(25-16(18)4)33-12-11-27/h5-6,13-14,17,27H,7-12H2,1-4H3. The van der Waals surface area contributed by atoms with E-state index < -0.39 is 6.16 Å². The van der Waals surface area contributed by atoms with Crippen molar-refractivity contribution in [1.82, 2.24) is 20.0 Å². The predicted octanol–water partition coefficient (Wildman–Crippen LogP) is 3.68. The smallest absolute Gasteiger partial charge is 0.474 e. The number of rotatable bonds is 9.